The molecule has 2 aliphatic heterocycles. The topological polar surface area (TPSA) is 71.0 Å². The highest BCUT2D eigenvalue weighted by molar-refractivity contribution is 5.76. The van der Waals surface area contributed by atoms with Gasteiger partial charge in [-0.1, -0.05) is 0 Å². The van der Waals surface area contributed by atoms with E-state index in [2.05, 4.69) is 54.8 Å². The van der Waals surface area contributed by atoms with Crippen molar-refractivity contribution in [3.8, 4) is 0 Å². The maximum atomic E-state index is 12.5. The Morgan fingerprint density at radius 2 is 2.04 bits per heavy atom. The zero-order chi connectivity index (χ0) is 18.1. The number of nitrogens with zero attached hydrogens (tertiary/aromatic N) is 2. The normalized spacial score (nSPS) is 26.3. The van der Waals surface area contributed by atoms with Gasteiger partial charge in [-0.2, -0.15) is 5.10 Å². The number of amides is 1. The van der Waals surface area contributed by atoms with Crippen molar-refractivity contribution >= 4 is 5.91 Å². The summed E-state index contributed by atoms with van der Waals surface area (Å²) in [4.78, 5) is 12.5. The number of aromatic nitrogens is 2. The second-order valence-electron chi connectivity index (χ2n) is 9.05. The fourth-order valence-corrected chi connectivity index (χ4v) is 4.63. The van der Waals surface area contributed by atoms with Gasteiger partial charge in [0.1, 0.15) is 6.54 Å². The molecule has 1 aromatic heterocycles. The Kier molecular flexibility index (Phi) is 5.21. The summed E-state index contributed by atoms with van der Waals surface area (Å²) in [5.41, 5.74) is 1.17. The monoisotopic (exact) mass is 347 g/mol. The molecule has 25 heavy (non-hydrogen) atoms. The largest absolute Gasteiger partial charge is 0.352 e. The van der Waals surface area contributed by atoms with Crippen molar-refractivity contribution in [1.82, 2.24) is 25.7 Å². The number of carbonyl (C=O) groups is 1. The summed E-state index contributed by atoms with van der Waals surface area (Å²) in [6.45, 7) is 11.2. The molecule has 140 valence electrons. The van der Waals surface area contributed by atoms with Crippen molar-refractivity contribution in [1.29, 1.82) is 0 Å². The Bertz CT molecular complexity index is 585. The summed E-state index contributed by atoms with van der Waals surface area (Å²) < 4.78 is 1.77. The average molecular weight is 348 g/mol. The van der Waals surface area contributed by atoms with Crippen LogP contribution in [0, 0.1) is 0 Å². The number of hydrogen-bond donors (Lipinski definition) is 3. The Hall–Kier alpha value is -1.40. The van der Waals surface area contributed by atoms with E-state index in [-0.39, 0.29) is 23.0 Å². The highest BCUT2D eigenvalue weighted by Crippen LogP contribution is 2.28. The Labute approximate surface area is 151 Å². The minimum atomic E-state index is 0.0343. The number of hydrogen-bond acceptors (Lipinski definition) is 4. The van der Waals surface area contributed by atoms with E-state index in [4.69, 9.17) is 0 Å². The fourth-order valence-electron chi connectivity index (χ4n) is 4.63. The van der Waals surface area contributed by atoms with Gasteiger partial charge in [-0.3, -0.25) is 9.48 Å². The first kappa shape index (κ1) is 18.4. The van der Waals surface area contributed by atoms with Gasteiger partial charge in [-0.15, -0.1) is 0 Å². The van der Waals surface area contributed by atoms with E-state index in [0.717, 1.165) is 31.6 Å². The average Bonchev–Trinajstić information content (AvgIpc) is 2.93. The highest BCUT2D eigenvalue weighted by Gasteiger charge is 2.38. The van der Waals surface area contributed by atoms with Gasteiger partial charge >= 0.3 is 0 Å². The molecule has 6 nitrogen and oxygen atoms in total. The van der Waals surface area contributed by atoms with Crippen molar-refractivity contribution in [2.24, 2.45) is 0 Å². The van der Waals surface area contributed by atoms with Crippen LogP contribution in [-0.4, -0.2) is 45.9 Å². The highest BCUT2D eigenvalue weighted by atomic mass is 16.2. The van der Waals surface area contributed by atoms with Crippen LogP contribution in [0.1, 0.15) is 65.0 Å². The molecule has 3 heterocycles. The zero-order valence-electron chi connectivity index (χ0n) is 16.1. The lowest BCUT2D eigenvalue weighted by Gasteiger charge is -2.46. The molecule has 1 aromatic rings. The first-order valence-electron chi connectivity index (χ1n) is 9.55. The summed E-state index contributed by atoms with van der Waals surface area (Å²) in [6.07, 6.45) is 6.19. The van der Waals surface area contributed by atoms with Gasteiger partial charge in [0.2, 0.25) is 5.91 Å². The third-order valence-electron chi connectivity index (χ3n) is 5.24. The molecular weight excluding hydrogens is 314 g/mol. The van der Waals surface area contributed by atoms with E-state index < -0.39 is 0 Å². The van der Waals surface area contributed by atoms with Gasteiger partial charge in [0, 0.05) is 35.8 Å². The van der Waals surface area contributed by atoms with E-state index in [0.29, 0.717) is 12.5 Å². The molecule has 0 aliphatic carbocycles. The molecule has 2 aliphatic rings. The Morgan fingerprint density at radius 3 is 2.68 bits per heavy atom. The molecule has 0 spiro atoms. The lowest BCUT2D eigenvalue weighted by atomic mass is 9.79. The molecule has 3 N–H and O–H groups in total. The fraction of sp³-hybridized carbons (Fsp3) is 0.789. The number of rotatable bonds is 4. The van der Waals surface area contributed by atoms with Crippen molar-refractivity contribution in [3.05, 3.63) is 18.0 Å². The van der Waals surface area contributed by atoms with Gasteiger partial charge in [0.25, 0.3) is 0 Å². The van der Waals surface area contributed by atoms with Crippen LogP contribution in [0.15, 0.2) is 12.3 Å². The molecule has 0 aromatic carbocycles. The van der Waals surface area contributed by atoms with E-state index in [1.54, 1.807) is 4.68 Å². The second-order valence-corrected chi connectivity index (χ2v) is 9.05. The second kappa shape index (κ2) is 7.08. The molecule has 0 unspecified atom stereocenters. The predicted octanol–water partition coefficient (Wildman–Crippen LogP) is 1.78. The van der Waals surface area contributed by atoms with Crippen LogP contribution in [0.5, 0.6) is 0 Å². The standard InChI is InChI=1S/C19H33N5O/c1-18(2)10-15(11-19(3,4)23-18)21-17(25)13-24-9-7-16(22-24)14-6-5-8-20-12-14/h7,9,14-15,20,23H,5-6,8,10-13H2,1-4H3,(H,21,25)/t14-/m1/s1. The van der Waals surface area contributed by atoms with Crippen molar-refractivity contribution in [2.75, 3.05) is 13.1 Å². The number of nitrogens with one attached hydrogen (secondary N) is 3. The van der Waals surface area contributed by atoms with Gasteiger partial charge in [0.15, 0.2) is 0 Å². The van der Waals surface area contributed by atoms with Crippen LogP contribution in [0.4, 0.5) is 0 Å². The first-order chi connectivity index (χ1) is 11.7. The summed E-state index contributed by atoms with van der Waals surface area (Å²) in [6, 6.07) is 2.26. The minimum Gasteiger partial charge on any atom is -0.352 e. The molecule has 0 saturated carbocycles. The Balaban J connectivity index is 1.55. The van der Waals surface area contributed by atoms with Gasteiger partial charge in [0.05, 0.1) is 5.69 Å². The van der Waals surface area contributed by atoms with Crippen LogP contribution in [0.2, 0.25) is 0 Å². The lowest BCUT2D eigenvalue weighted by Crippen LogP contribution is -2.62. The van der Waals surface area contributed by atoms with E-state index >= 15 is 0 Å². The molecule has 0 bridgehead atoms. The SMILES string of the molecule is CC1(C)CC(NC(=O)Cn2ccc([C@@H]3CCCNC3)n2)CC(C)(C)N1. The van der Waals surface area contributed by atoms with Crippen LogP contribution >= 0.6 is 0 Å². The maximum absolute atomic E-state index is 12.5. The smallest absolute Gasteiger partial charge is 0.241 e. The minimum absolute atomic E-state index is 0.0343. The summed E-state index contributed by atoms with van der Waals surface area (Å²) >= 11 is 0. The van der Waals surface area contributed by atoms with Gasteiger partial charge in [-0.25, -0.2) is 0 Å². The predicted molar refractivity (Wildman–Crippen MR) is 99.5 cm³/mol. The van der Waals surface area contributed by atoms with Crippen molar-refractivity contribution < 1.29 is 4.79 Å². The van der Waals surface area contributed by atoms with E-state index in [1.165, 1.54) is 12.8 Å². The van der Waals surface area contributed by atoms with Gasteiger partial charge in [-0.05, 0) is 66.0 Å². The van der Waals surface area contributed by atoms with Crippen LogP contribution in [0.3, 0.4) is 0 Å². The number of carbonyl (C=O) groups excluding carboxylic acids is 1. The molecular formula is C19H33N5O. The van der Waals surface area contributed by atoms with Crippen LogP contribution < -0.4 is 16.0 Å². The van der Waals surface area contributed by atoms with Crippen LogP contribution in [0.25, 0.3) is 0 Å². The Morgan fingerprint density at radius 1 is 1.32 bits per heavy atom. The molecule has 1 atom stereocenters. The summed E-state index contributed by atoms with van der Waals surface area (Å²) in [7, 11) is 0. The van der Waals surface area contributed by atoms with E-state index in [9.17, 15) is 4.79 Å². The number of piperidine rings is 2. The zero-order valence-corrected chi connectivity index (χ0v) is 16.1. The first-order valence-corrected chi connectivity index (χ1v) is 9.55. The summed E-state index contributed by atoms with van der Waals surface area (Å²) in [5.74, 6) is 0.527. The van der Waals surface area contributed by atoms with E-state index in [1.807, 2.05) is 6.20 Å². The molecule has 3 rings (SSSR count). The van der Waals surface area contributed by atoms with Crippen molar-refractivity contribution in [3.63, 3.8) is 0 Å². The summed E-state index contributed by atoms with van der Waals surface area (Å²) in [5, 5.41) is 14.9. The molecule has 0 radical (unpaired) electrons. The third-order valence-corrected chi connectivity index (χ3v) is 5.24. The molecule has 2 saturated heterocycles. The molecule has 6 heteroatoms. The van der Waals surface area contributed by atoms with Gasteiger partial charge < -0.3 is 16.0 Å². The third kappa shape index (κ3) is 5.05. The lowest BCUT2D eigenvalue weighted by molar-refractivity contribution is -0.123. The quantitative estimate of drug-likeness (QED) is 0.776. The maximum Gasteiger partial charge on any atom is 0.241 e. The molecule has 1 amide bonds. The van der Waals surface area contributed by atoms with Crippen molar-refractivity contribution in [2.45, 2.75) is 83.0 Å². The molecule has 2 fully saturated rings. The van der Waals surface area contributed by atoms with Crippen LogP contribution in [-0.2, 0) is 11.3 Å².